The summed E-state index contributed by atoms with van der Waals surface area (Å²) in [5.41, 5.74) is 3.28. The average molecular weight is 554 g/mol. The summed E-state index contributed by atoms with van der Waals surface area (Å²) in [5.74, 6) is 0.337. The molecule has 0 radical (unpaired) electrons. The smallest absolute Gasteiger partial charge is 0.261 e. The number of nitrogens with zero attached hydrogens (tertiary/aromatic N) is 1. The van der Waals surface area contributed by atoms with E-state index in [-0.39, 0.29) is 17.4 Å². The molecule has 2 aromatic carbocycles. The molecule has 0 spiro atoms. The molecule has 8 nitrogen and oxygen atoms in total. The number of hydrogen-bond donors (Lipinski definition) is 5. The Morgan fingerprint density at radius 1 is 1.05 bits per heavy atom. The van der Waals surface area contributed by atoms with Gasteiger partial charge in [0.15, 0.2) is 0 Å². The number of carbonyl (C=O) groups is 1. The molecule has 1 aromatic heterocycles. The van der Waals surface area contributed by atoms with Crippen molar-refractivity contribution in [3.8, 4) is 5.75 Å². The molecule has 8 heteroatoms. The van der Waals surface area contributed by atoms with E-state index < -0.39 is 34.6 Å². The molecule has 1 aliphatic heterocycles. The lowest BCUT2D eigenvalue weighted by Gasteiger charge is -2.63. The third kappa shape index (κ3) is 3.70. The first-order valence-electron chi connectivity index (χ1n) is 14.9. The van der Waals surface area contributed by atoms with E-state index in [4.69, 9.17) is 0 Å². The van der Waals surface area contributed by atoms with Gasteiger partial charge in [-0.2, -0.15) is 0 Å². The number of aliphatic hydroxyl groups is 2. The van der Waals surface area contributed by atoms with Crippen LogP contribution in [0.5, 0.6) is 5.75 Å². The molecule has 8 rings (SSSR count). The number of aromatic amines is 1. The average Bonchev–Trinajstić information content (AvgIpc) is 3.71. The van der Waals surface area contributed by atoms with E-state index >= 15 is 0 Å². The molecule has 3 aromatic rings. The van der Waals surface area contributed by atoms with Gasteiger partial charge in [-0.25, -0.2) is 0 Å². The third-order valence-corrected chi connectivity index (χ3v) is 10.7. The quantitative estimate of drug-likeness (QED) is 0.338. The van der Waals surface area contributed by atoms with Gasteiger partial charge >= 0.3 is 0 Å². The van der Waals surface area contributed by atoms with Crippen LogP contribution >= 0.6 is 0 Å². The van der Waals surface area contributed by atoms with E-state index in [9.17, 15) is 24.9 Å². The summed E-state index contributed by atoms with van der Waals surface area (Å²) >= 11 is 0. The molecular formula is C33H35N3O5. The molecular weight excluding hydrogens is 518 g/mol. The van der Waals surface area contributed by atoms with E-state index in [2.05, 4.69) is 15.2 Å². The van der Waals surface area contributed by atoms with Gasteiger partial charge in [0.2, 0.25) is 0 Å². The first kappa shape index (κ1) is 25.3. The van der Waals surface area contributed by atoms with Crippen molar-refractivity contribution in [3.63, 3.8) is 0 Å². The number of hydrogen-bond acceptors (Lipinski definition) is 6. The predicted molar refractivity (Wildman–Crippen MR) is 152 cm³/mol. The molecule has 5 aliphatic rings. The molecule has 212 valence electrons. The molecule has 1 unspecified atom stereocenters. The lowest BCUT2D eigenvalue weighted by molar-refractivity contribution is -0.152. The van der Waals surface area contributed by atoms with Crippen LogP contribution in [0.4, 0.5) is 0 Å². The van der Waals surface area contributed by atoms with E-state index in [0.717, 1.165) is 53.0 Å². The van der Waals surface area contributed by atoms with Crippen molar-refractivity contribution in [2.24, 2.45) is 5.92 Å². The first-order chi connectivity index (χ1) is 19.8. The normalized spacial score (nSPS) is 31.5. The summed E-state index contributed by atoms with van der Waals surface area (Å²) in [6.07, 6.45) is 4.35. The Morgan fingerprint density at radius 2 is 1.88 bits per heavy atom. The van der Waals surface area contributed by atoms with Crippen LogP contribution in [-0.2, 0) is 31.1 Å². The minimum absolute atomic E-state index is 0.00580. The number of likely N-dealkylation sites (tertiary alicyclic amines) is 1. The van der Waals surface area contributed by atoms with Crippen LogP contribution in [0.2, 0.25) is 0 Å². The highest BCUT2D eigenvalue weighted by Gasteiger charge is 2.64. The standard InChI is InChI=1S/C33H35N3O5/c37-22-8-7-20-13-28-33(41)15-21-11-24(31(40)35-29-23-4-2-1-3-19(23)12-27(29)38)30(39)34-26(21)16-32(33,25(20)14-22)9-10-36(28)17-18-5-6-18/h1-4,7-8,11,14,18,27-29,37-38,41H,5-6,9-10,12-13,15-17H2,(H,34,39)(H,35,40)/t27-,28+,29?,32+,33+/m0/s1. The number of phenols is 1. The minimum Gasteiger partial charge on any atom is -0.508 e. The maximum Gasteiger partial charge on any atom is 0.261 e. The fourth-order valence-corrected chi connectivity index (χ4v) is 8.52. The van der Waals surface area contributed by atoms with Crippen molar-refractivity contribution in [2.45, 2.75) is 74.1 Å². The second kappa shape index (κ2) is 8.77. The van der Waals surface area contributed by atoms with Crippen LogP contribution in [0, 0.1) is 5.92 Å². The third-order valence-electron chi connectivity index (χ3n) is 10.7. The zero-order chi connectivity index (χ0) is 28.1. The second-order valence-corrected chi connectivity index (χ2v) is 13.0. The number of aliphatic hydroxyl groups excluding tert-OH is 1. The number of piperidine rings is 1. The van der Waals surface area contributed by atoms with Gasteiger partial charge < -0.3 is 25.6 Å². The minimum atomic E-state index is -1.11. The van der Waals surface area contributed by atoms with Gasteiger partial charge in [-0.3, -0.25) is 14.5 Å². The summed E-state index contributed by atoms with van der Waals surface area (Å²) in [4.78, 5) is 32.3. The number of pyridine rings is 1. The molecule has 2 bridgehead atoms. The molecule has 1 saturated carbocycles. The Bertz CT molecular complexity index is 1650. The summed E-state index contributed by atoms with van der Waals surface area (Å²) < 4.78 is 0. The first-order valence-corrected chi connectivity index (χ1v) is 14.9. The van der Waals surface area contributed by atoms with Gasteiger partial charge in [0.1, 0.15) is 11.3 Å². The zero-order valence-electron chi connectivity index (χ0n) is 22.9. The van der Waals surface area contributed by atoms with Gasteiger partial charge in [0, 0.05) is 43.0 Å². The number of fused-ring (bicyclic) bond motifs is 3. The van der Waals surface area contributed by atoms with Crippen molar-refractivity contribution in [1.29, 1.82) is 0 Å². The van der Waals surface area contributed by atoms with E-state index in [1.54, 1.807) is 12.1 Å². The number of nitrogens with one attached hydrogen (secondary N) is 2. The summed E-state index contributed by atoms with van der Waals surface area (Å²) in [6.45, 7) is 1.84. The molecule has 2 heterocycles. The monoisotopic (exact) mass is 553 g/mol. The molecule has 4 aliphatic carbocycles. The number of amides is 1. The molecule has 1 amide bonds. The number of aromatic nitrogens is 1. The Morgan fingerprint density at radius 3 is 2.71 bits per heavy atom. The SMILES string of the molecule is O=C(NC1c2ccccc2C[C@@H]1O)c1cc2c([nH]c1=O)C[C@]13CCN(CC4CC4)[C@H](Cc4ccc(O)cc41)[C@]3(O)C2. The van der Waals surface area contributed by atoms with E-state index in [1.165, 1.54) is 12.8 Å². The highest BCUT2D eigenvalue weighted by molar-refractivity contribution is 5.94. The van der Waals surface area contributed by atoms with Gasteiger partial charge in [0.05, 0.1) is 17.7 Å². The van der Waals surface area contributed by atoms with Gasteiger partial charge in [-0.05, 0) is 84.2 Å². The number of rotatable bonds is 4. The van der Waals surface area contributed by atoms with Crippen LogP contribution in [0.3, 0.4) is 0 Å². The lowest BCUT2D eigenvalue weighted by Crippen LogP contribution is -2.74. The number of carbonyl (C=O) groups excluding carboxylic acids is 1. The van der Waals surface area contributed by atoms with E-state index in [0.29, 0.717) is 31.6 Å². The molecule has 5 atom stereocenters. The Labute approximate surface area is 238 Å². The summed E-state index contributed by atoms with van der Waals surface area (Å²) in [6, 6.07) is 14.1. The van der Waals surface area contributed by atoms with Crippen molar-refractivity contribution in [2.75, 3.05) is 13.1 Å². The van der Waals surface area contributed by atoms with Crippen molar-refractivity contribution >= 4 is 5.91 Å². The Balaban J connectivity index is 1.18. The highest BCUT2D eigenvalue weighted by Crippen LogP contribution is 2.57. The van der Waals surface area contributed by atoms with Crippen LogP contribution < -0.4 is 10.9 Å². The van der Waals surface area contributed by atoms with Gasteiger partial charge in [-0.15, -0.1) is 0 Å². The van der Waals surface area contributed by atoms with Gasteiger partial charge in [-0.1, -0.05) is 30.3 Å². The lowest BCUT2D eigenvalue weighted by atomic mass is 9.49. The number of aromatic hydroxyl groups is 1. The van der Waals surface area contributed by atoms with E-state index in [1.807, 2.05) is 36.4 Å². The Hall–Kier alpha value is -3.46. The number of benzene rings is 2. The van der Waals surface area contributed by atoms with Crippen LogP contribution in [0.15, 0.2) is 53.3 Å². The van der Waals surface area contributed by atoms with Crippen LogP contribution in [0.25, 0.3) is 0 Å². The van der Waals surface area contributed by atoms with Gasteiger partial charge in [0.25, 0.3) is 11.5 Å². The summed E-state index contributed by atoms with van der Waals surface area (Å²) in [7, 11) is 0. The number of H-pyrrole nitrogens is 1. The molecule has 1 saturated heterocycles. The van der Waals surface area contributed by atoms with Crippen LogP contribution in [0.1, 0.15) is 69.2 Å². The van der Waals surface area contributed by atoms with Crippen molar-refractivity contribution in [3.05, 3.63) is 98.0 Å². The second-order valence-electron chi connectivity index (χ2n) is 13.0. The molecule has 5 N–H and O–H groups in total. The fraction of sp³-hybridized carbons (Fsp3) is 0.455. The fourth-order valence-electron chi connectivity index (χ4n) is 8.52. The number of phenolic OH excluding ortho intramolecular Hbond substituents is 1. The largest absolute Gasteiger partial charge is 0.508 e. The van der Waals surface area contributed by atoms with Crippen LogP contribution in [-0.4, -0.2) is 61.9 Å². The maximum absolute atomic E-state index is 13.5. The zero-order valence-corrected chi connectivity index (χ0v) is 22.9. The maximum atomic E-state index is 13.5. The predicted octanol–water partition coefficient (Wildman–Crippen LogP) is 2.28. The topological polar surface area (TPSA) is 126 Å². The molecule has 2 fully saturated rings. The Kier molecular flexibility index (Phi) is 5.40. The van der Waals surface area contributed by atoms with Crippen molar-refractivity contribution in [1.82, 2.24) is 15.2 Å². The van der Waals surface area contributed by atoms with Crippen molar-refractivity contribution < 1.29 is 20.1 Å². The summed E-state index contributed by atoms with van der Waals surface area (Å²) in [5, 5.41) is 36.8. The molecule has 41 heavy (non-hydrogen) atoms. The highest BCUT2D eigenvalue weighted by atomic mass is 16.3.